The number of nitrogens with zero attached hydrogens (tertiary/aromatic N) is 2. The average Bonchev–Trinajstić information content (AvgIpc) is 3.00. The SMILES string of the molecule is O=C1C(=O)N(Cc2cccnc2)[C@@H](c2ccccc2)/C1=C(\O)c1ccc(Cl)cc1. The Kier molecular flexibility index (Phi) is 5.14. The number of aromatic nitrogens is 1. The molecule has 6 heteroatoms. The molecule has 2 heterocycles. The molecule has 1 atom stereocenters. The Labute approximate surface area is 172 Å². The van der Waals surface area contributed by atoms with Gasteiger partial charge >= 0.3 is 0 Å². The van der Waals surface area contributed by atoms with E-state index < -0.39 is 17.7 Å². The van der Waals surface area contributed by atoms with Gasteiger partial charge in [-0.1, -0.05) is 48.0 Å². The molecule has 1 aliphatic rings. The van der Waals surface area contributed by atoms with Crippen molar-refractivity contribution < 1.29 is 14.7 Å². The number of aliphatic hydroxyl groups is 1. The molecule has 0 spiro atoms. The predicted molar refractivity (Wildman–Crippen MR) is 110 cm³/mol. The lowest BCUT2D eigenvalue weighted by Crippen LogP contribution is -2.29. The predicted octanol–water partition coefficient (Wildman–Crippen LogP) is 4.36. The van der Waals surface area contributed by atoms with Crippen molar-refractivity contribution in [3.05, 3.63) is 106 Å². The van der Waals surface area contributed by atoms with Crippen LogP contribution >= 0.6 is 11.6 Å². The van der Waals surface area contributed by atoms with Crippen molar-refractivity contribution in [1.29, 1.82) is 0 Å². The third-order valence-electron chi connectivity index (χ3n) is 4.85. The number of benzene rings is 2. The van der Waals surface area contributed by atoms with Gasteiger partial charge in [0.15, 0.2) is 0 Å². The number of hydrogen-bond donors (Lipinski definition) is 1. The lowest BCUT2D eigenvalue weighted by atomic mass is 9.95. The summed E-state index contributed by atoms with van der Waals surface area (Å²) in [6.07, 6.45) is 3.30. The Bertz CT molecular complexity index is 1080. The maximum Gasteiger partial charge on any atom is 0.295 e. The van der Waals surface area contributed by atoms with E-state index in [2.05, 4.69) is 4.98 Å². The van der Waals surface area contributed by atoms with Gasteiger partial charge < -0.3 is 10.0 Å². The van der Waals surface area contributed by atoms with Crippen LogP contribution in [0.4, 0.5) is 0 Å². The fraction of sp³-hybridized carbons (Fsp3) is 0.0870. The molecule has 0 radical (unpaired) electrons. The van der Waals surface area contributed by atoms with Gasteiger partial charge in [0.1, 0.15) is 5.76 Å². The van der Waals surface area contributed by atoms with E-state index in [9.17, 15) is 14.7 Å². The molecule has 0 aliphatic carbocycles. The van der Waals surface area contributed by atoms with Crippen molar-refractivity contribution in [1.82, 2.24) is 9.88 Å². The second-order valence-corrected chi connectivity index (χ2v) is 7.14. The highest BCUT2D eigenvalue weighted by Gasteiger charge is 2.46. The topological polar surface area (TPSA) is 70.5 Å². The van der Waals surface area contributed by atoms with Gasteiger partial charge in [-0.3, -0.25) is 14.6 Å². The molecule has 1 saturated heterocycles. The van der Waals surface area contributed by atoms with Crippen LogP contribution in [0.5, 0.6) is 0 Å². The highest BCUT2D eigenvalue weighted by molar-refractivity contribution is 6.46. The zero-order valence-electron chi connectivity index (χ0n) is 15.3. The summed E-state index contributed by atoms with van der Waals surface area (Å²) in [5.74, 6) is -1.59. The zero-order valence-corrected chi connectivity index (χ0v) is 16.1. The van der Waals surface area contributed by atoms with Gasteiger partial charge in [-0.2, -0.15) is 0 Å². The van der Waals surface area contributed by atoms with Gasteiger partial charge in [-0.05, 0) is 41.5 Å². The van der Waals surface area contributed by atoms with Crippen LogP contribution in [0.25, 0.3) is 5.76 Å². The number of amides is 1. The highest BCUT2D eigenvalue weighted by Crippen LogP contribution is 2.40. The summed E-state index contributed by atoms with van der Waals surface area (Å²) in [5, 5.41) is 11.5. The molecule has 0 bridgehead atoms. The quantitative estimate of drug-likeness (QED) is 0.398. The molecule has 1 fully saturated rings. The molecule has 0 unspecified atom stereocenters. The number of carbonyl (C=O) groups excluding carboxylic acids is 2. The minimum Gasteiger partial charge on any atom is -0.507 e. The molecule has 0 saturated carbocycles. The van der Waals surface area contributed by atoms with Gasteiger partial charge in [0.05, 0.1) is 11.6 Å². The Morgan fingerprint density at radius 2 is 1.72 bits per heavy atom. The van der Waals surface area contributed by atoms with Crippen LogP contribution in [0, 0.1) is 0 Å². The number of rotatable bonds is 4. The smallest absolute Gasteiger partial charge is 0.295 e. The van der Waals surface area contributed by atoms with Crippen LogP contribution in [0.15, 0.2) is 84.7 Å². The molecule has 4 rings (SSSR count). The van der Waals surface area contributed by atoms with E-state index in [1.165, 1.54) is 4.90 Å². The molecule has 1 amide bonds. The Hall–Kier alpha value is -3.44. The second kappa shape index (κ2) is 7.89. The standard InChI is InChI=1S/C23H17ClN2O3/c24-18-10-8-17(9-11-18)21(27)19-20(16-6-2-1-3-7-16)26(23(29)22(19)28)14-15-5-4-12-25-13-15/h1-13,20,27H,14H2/b21-19+/t20-/m0/s1. The lowest BCUT2D eigenvalue weighted by Gasteiger charge is -2.25. The van der Waals surface area contributed by atoms with Crippen LogP contribution in [-0.2, 0) is 16.1 Å². The van der Waals surface area contributed by atoms with Crippen LogP contribution in [0.3, 0.4) is 0 Å². The first kappa shape index (κ1) is 18.9. The fourth-order valence-corrected chi connectivity index (χ4v) is 3.60. The molecule has 1 aromatic heterocycles. The Balaban J connectivity index is 1.85. The minimum atomic E-state index is -0.713. The summed E-state index contributed by atoms with van der Waals surface area (Å²) in [5.41, 5.74) is 2.02. The molecular weight excluding hydrogens is 388 g/mol. The van der Waals surface area contributed by atoms with E-state index in [0.717, 1.165) is 11.1 Å². The summed E-state index contributed by atoms with van der Waals surface area (Å²) in [6.45, 7) is 0.204. The van der Waals surface area contributed by atoms with Gasteiger partial charge in [0.2, 0.25) is 0 Å². The number of ketones is 1. The number of halogens is 1. The number of hydrogen-bond acceptors (Lipinski definition) is 4. The summed E-state index contributed by atoms with van der Waals surface area (Å²) < 4.78 is 0. The Morgan fingerprint density at radius 3 is 2.38 bits per heavy atom. The van der Waals surface area contributed by atoms with E-state index >= 15 is 0 Å². The number of aliphatic hydroxyl groups excluding tert-OH is 1. The van der Waals surface area contributed by atoms with Crippen LogP contribution in [0.2, 0.25) is 5.02 Å². The summed E-state index contributed by atoms with van der Waals surface area (Å²) in [4.78, 5) is 31.4. The molecule has 5 nitrogen and oxygen atoms in total. The molecule has 3 aromatic rings. The van der Waals surface area contributed by atoms with Crippen LogP contribution in [0.1, 0.15) is 22.7 Å². The maximum absolute atomic E-state index is 12.9. The van der Waals surface area contributed by atoms with E-state index in [0.29, 0.717) is 10.6 Å². The first-order chi connectivity index (χ1) is 14.1. The van der Waals surface area contributed by atoms with Crippen molar-refractivity contribution in [2.75, 3.05) is 0 Å². The van der Waals surface area contributed by atoms with Gasteiger partial charge in [0, 0.05) is 29.5 Å². The normalized spacial score (nSPS) is 18.2. The van der Waals surface area contributed by atoms with E-state index in [-0.39, 0.29) is 17.9 Å². The van der Waals surface area contributed by atoms with Crippen LogP contribution < -0.4 is 0 Å². The van der Waals surface area contributed by atoms with E-state index in [1.54, 1.807) is 42.7 Å². The zero-order chi connectivity index (χ0) is 20.4. The lowest BCUT2D eigenvalue weighted by molar-refractivity contribution is -0.140. The van der Waals surface area contributed by atoms with Crippen molar-refractivity contribution in [2.24, 2.45) is 0 Å². The van der Waals surface area contributed by atoms with Gasteiger partial charge in [-0.25, -0.2) is 0 Å². The van der Waals surface area contributed by atoms with E-state index in [4.69, 9.17) is 11.6 Å². The second-order valence-electron chi connectivity index (χ2n) is 6.71. The monoisotopic (exact) mass is 404 g/mol. The first-order valence-electron chi connectivity index (χ1n) is 9.04. The molecular formula is C23H17ClN2O3. The van der Waals surface area contributed by atoms with E-state index in [1.807, 2.05) is 36.4 Å². The summed E-state index contributed by atoms with van der Waals surface area (Å²) >= 11 is 5.93. The summed E-state index contributed by atoms with van der Waals surface area (Å²) in [7, 11) is 0. The van der Waals surface area contributed by atoms with Crippen molar-refractivity contribution >= 4 is 29.1 Å². The minimum absolute atomic E-state index is 0.0624. The largest absolute Gasteiger partial charge is 0.507 e. The fourth-order valence-electron chi connectivity index (χ4n) is 3.48. The maximum atomic E-state index is 12.9. The average molecular weight is 405 g/mol. The van der Waals surface area contributed by atoms with Crippen molar-refractivity contribution in [3.63, 3.8) is 0 Å². The van der Waals surface area contributed by atoms with Gasteiger partial charge in [0.25, 0.3) is 11.7 Å². The third kappa shape index (κ3) is 3.65. The summed E-state index contributed by atoms with van der Waals surface area (Å²) in [6, 6.07) is 18.6. The molecule has 144 valence electrons. The Morgan fingerprint density at radius 1 is 1.00 bits per heavy atom. The first-order valence-corrected chi connectivity index (χ1v) is 9.42. The van der Waals surface area contributed by atoms with Crippen LogP contribution in [-0.4, -0.2) is 26.7 Å². The molecule has 29 heavy (non-hydrogen) atoms. The van der Waals surface area contributed by atoms with Crippen molar-refractivity contribution in [3.8, 4) is 0 Å². The molecule has 1 N–H and O–H groups in total. The van der Waals surface area contributed by atoms with Gasteiger partial charge in [-0.15, -0.1) is 0 Å². The highest BCUT2D eigenvalue weighted by atomic mass is 35.5. The molecule has 2 aromatic carbocycles. The van der Waals surface area contributed by atoms with Crippen molar-refractivity contribution in [2.45, 2.75) is 12.6 Å². The number of pyridine rings is 1. The number of Topliss-reactive ketones (excluding diaryl/α,β-unsaturated/α-hetero) is 1. The number of likely N-dealkylation sites (tertiary alicyclic amines) is 1. The molecule has 1 aliphatic heterocycles. The number of carbonyl (C=O) groups is 2. The third-order valence-corrected chi connectivity index (χ3v) is 5.10.